The molecule has 0 saturated carbocycles. The van der Waals surface area contributed by atoms with Crippen LogP contribution >= 0.6 is 15.9 Å². The molecule has 0 heterocycles. The Balaban J connectivity index is 3.12. The van der Waals surface area contributed by atoms with Crippen LogP contribution in [0.5, 0.6) is 0 Å². The van der Waals surface area contributed by atoms with Gasteiger partial charge in [-0.25, -0.2) is 0 Å². The molecule has 0 saturated heterocycles. The third-order valence-corrected chi connectivity index (χ3v) is 2.46. The number of aliphatic hydroxyl groups excluding tert-OH is 1. The van der Waals surface area contributed by atoms with E-state index in [0.29, 0.717) is 10.0 Å². The quantitative estimate of drug-likeness (QED) is 0.634. The number of hydrogen-bond donors (Lipinski definition) is 2. The molecular formula is C8H9BrN2O3. The topological polar surface area (TPSA) is 89.4 Å². The summed E-state index contributed by atoms with van der Waals surface area (Å²) < 4.78 is 0.399. The molecule has 0 aromatic heterocycles. The maximum atomic E-state index is 10.6. The number of nitrogens with two attached hydrogens (primary N) is 1. The van der Waals surface area contributed by atoms with Gasteiger partial charge in [-0.3, -0.25) is 10.1 Å². The van der Waals surface area contributed by atoms with E-state index < -0.39 is 11.0 Å². The highest BCUT2D eigenvalue weighted by Crippen LogP contribution is 2.27. The summed E-state index contributed by atoms with van der Waals surface area (Å²) in [6, 6.07) is 3.95. The van der Waals surface area contributed by atoms with Gasteiger partial charge in [0.15, 0.2) is 0 Å². The van der Waals surface area contributed by atoms with Crippen molar-refractivity contribution in [3.05, 3.63) is 38.3 Å². The monoisotopic (exact) mass is 260 g/mol. The fourth-order valence-corrected chi connectivity index (χ4v) is 1.40. The highest BCUT2D eigenvalue weighted by atomic mass is 79.9. The van der Waals surface area contributed by atoms with Crippen molar-refractivity contribution in [3.8, 4) is 0 Å². The van der Waals surface area contributed by atoms with Crippen LogP contribution in [0.4, 0.5) is 5.69 Å². The van der Waals surface area contributed by atoms with Crippen LogP contribution in [0.25, 0.3) is 0 Å². The zero-order valence-corrected chi connectivity index (χ0v) is 8.77. The average Bonchev–Trinajstić information content (AvgIpc) is 2.17. The van der Waals surface area contributed by atoms with Gasteiger partial charge >= 0.3 is 0 Å². The summed E-state index contributed by atoms with van der Waals surface area (Å²) in [5, 5.41) is 19.3. The lowest BCUT2D eigenvalue weighted by atomic mass is 10.1. The van der Waals surface area contributed by atoms with Crippen molar-refractivity contribution in [2.75, 3.05) is 6.61 Å². The fraction of sp³-hybridized carbons (Fsp3) is 0.250. The second-order valence-electron chi connectivity index (χ2n) is 2.76. The summed E-state index contributed by atoms with van der Waals surface area (Å²) in [6.45, 7) is -0.237. The van der Waals surface area contributed by atoms with E-state index in [1.165, 1.54) is 6.07 Å². The van der Waals surface area contributed by atoms with Crippen molar-refractivity contribution < 1.29 is 10.0 Å². The molecule has 0 amide bonds. The van der Waals surface area contributed by atoms with E-state index in [2.05, 4.69) is 15.9 Å². The van der Waals surface area contributed by atoms with E-state index in [4.69, 9.17) is 10.8 Å². The molecule has 0 aliphatic carbocycles. The van der Waals surface area contributed by atoms with Crippen LogP contribution in [0, 0.1) is 10.1 Å². The maximum Gasteiger partial charge on any atom is 0.283 e. The SMILES string of the molecule is NC(CO)c1ccc(Br)c([N+](=O)[O-])c1. The molecule has 1 rings (SSSR count). The molecule has 14 heavy (non-hydrogen) atoms. The van der Waals surface area contributed by atoms with E-state index in [1.54, 1.807) is 12.1 Å². The van der Waals surface area contributed by atoms with Gasteiger partial charge in [-0.2, -0.15) is 0 Å². The molecule has 6 heteroatoms. The predicted octanol–water partition coefficient (Wildman–Crippen LogP) is 1.35. The second-order valence-corrected chi connectivity index (χ2v) is 3.61. The highest BCUT2D eigenvalue weighted by molar-refractivity contribution is 9.10. The van der Waals surface area contributed by atoms with E-state index in [9.17, 15) is 10.1 Å². The Morgan fingerprint density at radius 2 is 2.29 bits per heavy atom. The van der Waals surface area contributed by atoms with Crippen LogP contribution in [-0.4, -0.2) is 16.6 Å². The summed E-state index contributed by atoms with van der Waals surface area (Å²) in [5.74, 6) is 0. The van der Waals surface area contributed by atoms with E-state index in [1.807, 2.05) is 0 Å². The smallest absolute Gasteiger partial charge is 0.283 e. The van der Waals surface area contributed by atoms with Crippen molar-refractivity contribution in [3.63, 3.8) is 0 Å². The van der Waals surface area contributed by atoms with Gasteiger partial charge in [-0.05, 0) is 27.6 Å². The second kappa shape index (κ2) is 4.50. The number of nitrogens with zero attached hydrogens (tertiary/aromatic N) is 1. The molecule has 0 bridgehead atoms. The summed E-state index contributed by atoms with van der Waals surface area (Å²) in [5.41, 5.74) is 6.02. The third-order valence-electron chi connectivity index (χ3n) is 1.79. The van der Waals surface area contributed by atoms with Crippen molar-refractivity contribution >= 4 is 21.6 Å². The minimum absolute atomic E-state index is 0.0496. The van der Waals surface area contributed by atoms with Gasteiger partial charge in [-0.1, -0.05) is 6.07 Å². The lowest BCUT2D eigenvalue weighted by Gasteiger charge is -2.08. The molecule has 0 radical (unpaired) electrons. The van der Waals surface area contributed by atoms with Gasteiger partial charge in [0.25, 0.3) is 5.69 Å². The molecule has 5 nitrogen and oxygen atoms in total. The van der Waals surface area contributed by atoms with Crippen LogP contribution in [0.15, 0.2) is 22.7 Å². The van der Waals surface area contributed by atoms with Gasteiger partial charge in [0, 0.05) is 6.07 Å². The van der Waals surface area contributed by atoms with Crippen LogP contribution in [-0.2, 0) is 0 Å². The molecule has 0 fully saturated rings. The number of nitro groups is 1. The zero-order chi connectivity index (χ0) is 10.7. The predicted molar refractivity (Wildman–Crippen MR) is 54.8 cm³/mol. The molecule has 76 valence electrons. The molecule has 1 atom stereocenters. The van der Waals surface area contributed by atoms with Crippen molar-refractivity contribution in [1.29, 1.82) is 0 Å². The van der Waals surface area contributed by atoms with Crippen LogP contribution in [0.3, 0.4) is 0 Å². The maximum absolute atomic E-state index is 10.6. The van der Waals surface area contributed by atoms with Gasteiger partial charge < -0.3 is 10.8 Å². The first-order valence-corrected chi connectivity index (χ1v) is 4.66. The highest BCUT2D eigenvalue weighted by Gasteiger charge is 2.14. The Morgan fingerprint density at radius 1 is 1.64 bits per heavy atom. The average molecular weight is 261 g/mol. The van der Waals surface area contributed by atoms with Gasteiger partial charge in [0.2, 0.25) is 0 Å². The van der Waals surface area contributed by atoms with E-state index in [-0.39, 0.29) is 12.3 Å². The number of benzene rings is 1. The molecule has 3 N–H and O–H groups in total. The molecular weight excluding hydrogens is 252 g/mol. The molecule has 0 aliphatic rings. The van der Waals surface area contributed by atoms with Gasteiger partial charge in [0.1, 0.15) is 0 Å². The zero-order valence-electron chi connectivity index (χ0n) is 7.18. The number of aliphatic hydroxyl groups is 1. The van der Waals surface area contributed by atoms with Gasteiger partial charge in [0.05, 0.1) is 22.0 Å². The van der Waals surface area contributed by atoms with Crippen molar-refractivity contribution in [2.45, 2.75) is 6.04 Å². The lowest BCUT2D eigenvalue weighted by Crippen LogP contribution is -2.14. The molecule has 0 aliphatic heterocycles. The Hall–Kier alpha value is -0.980. The summed E-state index contributed by atoms with van der Waals surface area (Å²) in [6.07, 6.45) is 0. The first kappa shape index (κ1) is 11.1. The first-order valence-electron chi connectivity index (χ1n) is 3.86. The minimum atomic E-state index is -0.582. The number of halogens is 1. The van der Waals surface area contributed by atoms with Crippen LogP contribution < -0.4 is 5.73 Å². The fourth-order valence-electron chi connectivity index (χ4n) is 1.01. The molecule has 1 aromatic rings. The van der Waals surface area contributed by atoms with Crippen LogP contribution in [0.2, 0.25) is 0 Å². The number of hydrogen-bond acceptors (Lipinski definition) is 4. The Bertz CT molecular complexity index is 356. The number of rotatable bonds is 3. The van der Waals surface area contributed by atoms with Crippen molar-refractivity contribution in [1.82, 2.24) is 0 Å². The number of nitro benzene ring substituents is 1. The van der Waals surface area contributed by atoms with Crippen LogP contribution in [0.1, 0.15) is 11.6 Å². The molecule has 1 unspecified atom stereocenters. The summed E-state index contributed by atoms with van der Waals surface area (Å²) >= 11 is 3.06. The lowest BCUT2D eigenvalue weighted by molar-refractivity contribution is -0.385. The Morgan fingerprint density at radius 3 is 2.79 bits per heavy atom. The third kappa shape index (κ3) is 2.28. The molecule has 0 spiro atoms. The largest absolute Gasteiger partial charge is 0.394 e. The normalized spacial score (nSPS) is 12.5. The van der Waals surface area contributed by atoms with Gasteiger partial charge in [-0.15, -0.1) is 0 Å². The summed E-state index contributed by atoms with van der Waals surface area (Å²) in [7, 11) is 0. The van der Waals surface area contributed by atoms with E-state index in [0.717, 1.165) is 0 Å². The summed E-state index contributed by atoms with van der Waals surface area (Å²) in [4.78, 5) is 10.1. The Labute approximate surface area is 88.8 Å². The standard InChI is InChI=1S/C8H9BrN2O3/c9-6-2-1-5(7(10)4-12)3-8(6)11(13)14/h1-3,7,12H,4,10H2. The van der Waals surface area contributed by atoms with E-state index >= 15 is 0 Å². The minimum Gasteiger partial charge on any atom is -0.394 e. The molecule has 1 aromatic carbocycles. The Kier molecular flexibility index (Phi) is 3.56. The van der Waals surface area contributed by atoms with Crippen molar-refractivity contribution in [2.24, 2.45) is 5.73 Å². The first-order chi connectivity index (χ1) is 6.56.